The van der Waals surface area contributed by atoms with E-state index >= 15 is 0 Å². The van der Waals surface area contributed by atoms with E-state index < -0.39 is 0 Å². The van der Waals surface area contributed by atoms with Crippen LogP contribution in [0, 0.1) is 0 Å². The van der Waals surface area contributed by atoms with Gasteiger partial charge in [-0.05, 0) is 48.2 Å². The predicted molar refractivity (Wildman–Crippen MR) is 94.3 cm³/mol. The van der Waals surface area contributed by atoms with Gasteiger partial charge in [-0.2, -0.15) is 0 Å². The van der Waals surface area contributed by atoms with E-state index in [4.69, 9.17) is 9.47 Å². The summed E-state index contributed by atoms with van der Waals surface area (Å²) in [5.41, 5.74) is 2.49. The second-order valence-electron chi connectivity index (χ2n) is 5.78. The molecule has 1 unspecified atom stereocenters. The number of rotatable bonds is 4. The summed E-state index contributed by atoms with van der Waals surface area (Å²) in [6.07, 6.45) is 1.32. The number of methoxy groups -OCH3 is 2. The standard InChI is InChI=1S/C19H22O3S/c1-21-16-7-3-13(4-8-16)18-11-15(20)12-19(23-18)14-5-9-17(22-2)10-6-14/h3-10,15,18-20H,11-12H2,1-2H3/t15?,18-,19+. The molecule has 1 fully saturated rings. The molecule has 0 aromatic heterocycles. The molecule has 0 radical (unpaired) electrons. The smallest absolute Gasteiger partial charge is 0.118 e. The van der Waals surface area contributed by atoms with Crippen LogP contribution >= 0.6 is 11.8 Å². The van der Waals surface area contributed by atoms with Crippen molar-refractivity contribution in [3.05, 3.63) is 59.7 Å². The number of hydrogen-bond donors (Lipinski definition) is 1. The van der Waals surface area contributed by atoms with Gasteiger partial charge in [-0.1, -0.05) is 24.3 Å². The molecule has 1 heterocycles. The third-order valence-electron chi connectivity index (χ3n) is 4.28. The Balaban J connectivity index is 1.77. The molecule has 0 bridgehead atoms. The molecule has 2 aromatic rings. The van der Waals surface area contributed by atoms with Gasteiger partial charge in [0.25, 0.3) is 0 Å². The first-order valence-corrected chi connectivity index (χ1v) is 8.75. The van der Waals surface area contributed by atoms with Crippen molar-refractivity contribution in [1.29, 1.82) is 0 Å². The van der Waals surface area contributed by atoms with Crippen molar-refractivity contribution >= 4 is 11.8 Å². The zero-order valence-electron chi connectivity index (χ0n) is 13.4. The molecule has 3 atom stereocenters. The number of benzene rings is 2. The largest absolute Gasteiger partial charge is 0.497 e. The van der Waals surface area contributed by atoms with E-state index in [1.807, 2.05) is 36.0 Å². The van der Waals surface area contributed by atoms with E-state index in [0.29, 0.717) is 10.5 Å². The summed E-state index contributed by atoms with van der Waals surface area (Å²) in [6.45, 7) is 0. The zero-order valence-corrected chi connectivity index (χ0v) is 14.3. The summed E-state index contributed by atoms with van der Waals surface area (Å²) in [6, 6.07) is 16.3. The minimum absolute atomic E-state index is 0.268. The van der Waals surface area contributed by atoms with Crippen molar-refractivity contribution in [3.63, 3.8) is 0 Å². The highest BCUT2D eigenvalue weighted by Gasteiger charge is 2.30. The molecular weight excluding hydrogens is 308 g/mol. The number of hydrogen-bond acceptors (Lipinski definition) is 4. The van der Waals surface area contributed by atoms with Crippen molar-refractivity contribution in [3.8, 4) is 11.5 Å². The van der Waals surface area contributed by atoms with Crippen LogP contribution in [0.5, 0.6) is 11.5 Å². The number of aliphatic hydroxyl groups is 1. The molecule has 3 rings (SSSR count). The van der Waals surface area contributed by atoms with Crippen LogP contribution < -0.4 is 9.47 Å². The minimum atomic E-state index is -0.268. The normalized spacial score (nSPS) is 24.2. The van der Waals surface area contributed by atoms with Crippen LogP contribution in [-0.4, -0.2) is 25.4 Å². The fourth-order valence-electron chi connectivity index (χ4n) is 2.97. The summed E-state index contributed by atoms with van der Waals surface area (Å²) < 4.78 is 10.4. The van der Waals surface area contributed by atoms with Gasteiger partial charge in [-0.15, -0.1) is 11.8 Å². The van der Waals surface area contributed by atoms with Crippen LogP contribution in [0.25, 0.3) is 0 Å². The van der Waals surface area contributed by atoms with Crippen molar-refractivity contribution in [2.45, 2.75) is 29.4 Å². The quantitative estimate of drug-likeness (QED) is 0.903. The average Bonchev–Trinajstić information content (AvgIpc) is 2.61. The highest BCUT2D eigenvalue weighted by molar-refractivity contribution is 7.99. The monoisotopic (exact) mass is 330 g/mol. The Hall–Kier alpha value is -1.65. The van der Waals surface area contributed by atoms with Gasteiger partial charge in [-0.3, -0.25) is 0 Å². The fraction of sp³-hybridized carbons (Fsp3) is 0.368. The summed E-state index contributed by atoms with van der Waals surface area (Å²) in [4.78, 5) is 0. The Morgan fingerprint density at radius 1 is 0.783 bits per heavy atom. The molecule has 23 heavy (non-hydrogen) atoms. The molecule has 0 saturated carbocycles. The van der Waals surface area contributed by atoms with Gasteiger partial charge in [0.15, 0.2) is 0 Å². The lowest BCUT2D eigenvalue weighted by molar-refractivity contribution is 0.148. The highest BCUT2D eigenvalue weighted by Crippen LogP contribution is 2.50. The molecule has 0 spiro atoms. The van der Waals surface area contributed by atoms with Gasteiger partial charge < -0.3 is 14.6 Å². The predicted octanol–water partition coefficient (Wildman–Crippen LogP) is 4.37. The van der Waals surface area contributed by atoms with Crippen molar-refractivity contribution in [2.75, 3.05) is 14.2 Å². The third-order valence-corrected chi connectivity index (χ3v) is 5.86. The molecule has 0 aliphatic carbocycles. The first-order chi connectivity index (χ1) is 11.2. The lowest BCUT2D eigenvalue weighted by Gasteiger charge is -2.33. The molecule has 1 aliphatic heterocycles. The Bertz CT molecular complexity index is 569. The van der Waals surface area contributed by atoms with Gasteiger partial charge in [0.2, 0.25) is 0 Å². The Morgan fingerprint density at radius 2 is 1.17 bits per heavy atom. The van der Waals surface area contributed by atoms with Gasteiger partial charge >= 0.3 is 0 Å². The van der Waals surface area contributed by atoms with Crippen LogP contribution in [-0.2, 0) is 0 Å². The van der Waals surface area contributed by atoms with Crippen molar-refractivity contribution in [2.24, 2.45) is 0 Å². The zero-order chi connectivity index (χ0) is 16.2. The molecular formula is C19H22O3S. The number of ether oxygens (including phenoxy) is 2. The molecule has 1 N–H and O–H groups in total. The Labute approximate surface area is 141 Å². The molecule has 122 valence electrons. The van der Waals surface area contributed by atoms with Gasteiger partial charge in [0, 0.05) is 10.5 Å². The van der Waals surface area contributed by atoms with E-state index in [1.165, 1.54) is 11.1 Å². The second-order valence-corrected chi connectivity index (χ2v) is 7.20. The minimum Gasteiger partial charge on any atom is -0.497 e. The number of aliphatic hydroxyl groups excluding tert-OH is 1. The second kappa shape index (κ2) is 7.28. The van der Waals surface area contributed by atoms with Crippen LogP contribution in [0.2, 0.25) is 0 Å². The third kappa shape index (κ3) is 3.82. The average molecular weight is 330 g/mol. The molecule has 1 saturated heterocycles. The molecule has 3 nitrogen and oxygen atoms in total. The summed E-state index contributed by atoms with van der Waals surface area (Å²) in [5, 5.41) is 10.9. The molecule has 0 amide bonds. The first-order valence-electron chi connectivity index (χ1n) is 7.81. The molecule has 2 aromatic carbocycles. The molecule has 4 heteroatoms. The fourth-order valence-corrected chi connectivity index (χ4v) is 4.66. The first kappa shape index (κ1) is 16.2. The SMILES string of the molecule is COc1ccc([C@@H]2CC(O)C[C@H](c3ccc(OC)cc3)S2)cc1. The Morgan fingerprint density at radius 3 is 1.52 bits per heavy atom. The van der Waals surface area contributed by atoms with Crippen molar-refractivity contribution < 1.29 is 14.6 Å². The summed E-state index contributed by atoms with van der Waals surface area (Å²) in [5.74, 6) is 1.73. The Kier molecular flexibility index (Phi) is 5.13. The number of thioether (sulfide) groups is 1. The maximum atomic E-state index is 10.3. The van der Waals surface area contributed by atoms with Crippen LogP contribution in [0.15, 0.2) is 48.5 Å². The van der Waals surface area contributed by atoms with E-state index in [9.17, 15) is 5.11 Å². The molecule has 1 aliphatic rings. The van der Waals surface area contributed by atoms with E-state index in [1.54, 1.807) is 14.2 Å². The lowest BCUT2D eigenvalue weighted by Crippen LogP contribution is -2.20. The highest BCUT2D eigenvalue weighted by atomic mass is 32.2. The van der Waals surface area contributed by atoms with E-state index in [-0.39, 0.29) is 6.10 Å². The van der Waals surface area contributed by atoms with Crippen LogP contribution in [0.1, 0.15) is 34.5 Å². The topological polar surface area (TPSA) is 38.7 Å². The van der Waals surface area contributed by atoms with E-state index in [2.05, 4.69) is 24.3 Å². The maximum Gasteiger partial charge on any atom is 0.118 e. The van der Waals surface area contributed by atoms with E-state index in [0.717, 1.165) is 24.3 Å². The van der Waals surface area contributed by atoms with Gasteiger partial charge in [0.1, 0.15) is 11.5 Å². The summed E-state index contributed by atoms with van der Waals surface area (Å²) in [7, 11) is 3.35. The summed E-state index contributed by atoms with van der Waals surface area (Å²) >= 11 is 1.93. The maximum absolute atomic E-state index is 10.3. The van der Waals surface area contributed by atoms with Crippen LogP contribution in [0.3, 0.4) is 0 Å². The van der Waals surface area contributed by atoms with Crippen LogP contribution in [0.4, 0.5) is 0 Å². The van der Waals surface area contributed by atoms with Gasteiger partial charge in [0.05, 0.1) is 20.3 Å². The van der Waals surface area contributed by atoms with Gasteiger partial charge in [-0.25, -0.2) is 0 Å². The lowest BCUT2D eigenvalue weighted by atomic mass is 9.99. The van der Waals surface area contributed by atoms with Crippen molar-refractivity contribution in [1.82, 2.24) is 0 Å².